The average molecular weight is 335 g/mol. The molecule has 1 amide bonds. The number of sulfonamides is 1. The molecule has 23 heavy (non-hydrogen) atoms. The number of carbonyl (C=O) groups excluding carboxylic acids is 1. The standard InChI is InChI=1S/C16H21N3O3S/c1-2-9-17-16(20)12-6-5-10-19(11-12)15-13-7-3-4-8-14(13)23(21,22)18-15/h3-4,7-8,12H,2,5-6,9-11H2,1H3,(H,17,20)/t12-/m1/s1. The van der Waals surface area contributed by atoms with E-state index in [4.69, 9.17) is 0 Å². The van der Waals surface area contributed by atoms with Gasteiger partial charge in [0.15, 0.2) is 5.84 Å². The molecule has 1 fully saturated rings. The first kappa shape index (κ1) is 16.0. The molecule has 0 aromatic heterocycles. The molecular formula is C16H21N3O3S. The molecule has 7 heteroatoms. The lowest BCUT2D eigenvalue weighted by molar-refractivity contribution is -0.126. The molecule has 6 nitrogen and oxygen atoms in total. The summed E-state index contributed by atoms with van der Waals surface area (Å²) in [5, 5.41) is 2.92. The van der Waals surface area contributed by atoms with Crippen molar-refractivity contribution in [3.05, 3.63) is 29.8 Å². The summed E-state index contributed by atoms with van der Waals surface area (Å²) in [4.78, 5) is 14.4. The second-order valence-corrected chi connectivity index (χ2v) is 7.53. The van der Waals surface area contributed by atoms with Crippen LogP contribution >= 0.6 is 0 Å². The molecule has 1 saturated heterocycles. The van der Waals surface area contributed by atoms with E-state index in [0.29, 0.717) is 24.5 Å². The minimum Gasteiger partial charge on any atom is -0.356 e. The zero-order chi connectivity index (χ0) is 16.4. The number of amidine groups is 1. The van der Waals surface area contributed by atoms with E-state index in [1.165, 1.54) is 0 Å². The molecule has 0 aliphatic carbocycles. The van der Waals surface area contributed by atoms with Gasteiger partial charge in [-0.25, -0.2) is 0 Å². The van der Waals surface area contributed by atoms with Crippen LogP contribution in [0.1, 0.15) is 31.7 Å². The lowest BCUT2D eigenvalue weighted by atomic mass is 9.96. The third-order valence-corrected chi connectivity index (χ3v) is 5.58. The van der Waals surface area contributed by atoms with Gasteiger partial charge in [-0.15, -0.1) is 4.40 Å². The van der Waals surface area contributed by atoms with Gasteiger partial charge in [0, 0.05) is 25.2 Å². The molecule has 2 aliphatic rings. The SMILES string of the molecule is CCCNC(=O)[C@@H]1CCCN(C2=NS(=O)(=O)c3ccccc32)C1. The number of amides is 1. The highest BCUT2D eigenvalue weighted by atomic mass is 32.2. The molecule has 0 bridgehead atoms. The Morgan fingerprint density at radius 1 is 1.39 bits per heavy atom. The molecule has 0 spiro atoms. The summed E-state index contributed by atoms with van der Waals surface area (Å²) in [6.45, 7) is 3.93. The van der Waals surface area contributed by atoms with Crippen LogP contribution in [0.25, 0.3) is 0 Å². The number of carbonyl (C=O) groups is 1. The zero-order valence-electron chi connectivity index (χ0n) is 13.2. The summed E-state index contributed by atoms with van der Waals surface area (Å²) in [7, 11) is -3.61. The van der Waals surface area contributed by atoms with E-state index in [2.05, 4.69) is 9.71 Å². The van der Waals surface area contributed by atoms with Crippen LogP contribution < -0.4 is 5.32 Å². The highest BCUT2D eigenvalue weighted by Gasteiger charge is 2.34. The number of likely N-dealkylation sites (tertiary alicyclic amines) is 1. The zero-order valence-corrected chi connectivity index (χ0v) is 14.0. The van der Waals surface area contributed by atoms with Crippen LogP contribution in [-0.4, -0.2) is 44.7 Å². The van der Waals surface area contributed by atoms with E-state index in [9.17, 15) is 13.2 Å². The normalized spacial score (nSPS) is 22.4. The fourth-order valence-corrected chi connectivity index (χ4v) is 4.32. The van der Waals surface area contributed by atoms with Crippen molar-refractivity contribution in [2.75, 3.05) is 19.6 Å². The Balaban J connectivity index is 1.81. The van der Waals surface area contributed by atoms with Crippen molar-refractivity contribution in [1.82, 2.24) is 10.2 Å². The van der Waals surface area contributed by atoms with Gasteiger partial charge in [-0.2, -0.15) is 8.42 Å². The predicted molar refractivity (Wildman–Crippen MR) is 87.8 cm³/mol. The van der Waals surface area contributed by atoms with E-state index >= 15 is 0 Å². The van der Waals surface area contributed by atoms with Crippen LogP contribution in [0.3, 0.4) is 0 Å². The van der Waals surface area contributed by atoms with Gasteiger partial charge in [-0.3, -0.25) is 4.79 Å². The maximum atomic E-state index is 12.2. The summed E-state index contributed by atoms with van der Waals surface area (Å²) in [6.07, 6.45) is 2.58. The van der Waals surface area contributed by atoms with Gasteiger partial charge in [0.1, 0.15) is 4.90 Å². The minimum atomic E-state index is -3.61. The first-order valence-electron chi connectivity index (χ1n) is 8.00. The van der Waals surface area contributed by atoms with Crippen LogP contribution in [-0.2, 0) is 14.8 Å². The molecular weight excluding hydrogens is 314 g/mol. The Morgan fingerprint density at radius 3 is 2.96 bits per heavy atom. The van der Waals surface area contributed by atoms with Crippen molar-refractivity contribution < 1.29 is 13.2 Å². The largest absolute Gasteiger partial charge is 0.356 e. The van der Waals surface area contributed by atoms with Gasteiger partial charge in [-0.05, 0) is 31.4 Å². The van der Waals surface area contributed by atoms with Crippen molar-refractivity contribution >= 4 is 21.8 Å². The molecule has 1 atom stereocenters. The van der Waals surface area contributed by atoms with Crippen LogP contribution in [0.2, 0.25) is 0 Å². The Labute approximate surface area is 136 Å². The number of fused-ring (bicyclic) bond motifs is 1. The number of hydrogen-bond acceptors (Lipinski definition) is 4. The highest BCUT2D eigenvalue weighted by molar-refractivity contribution is 7.90. The molecule has 2 aliphatic heterocycles. The summed E-state index contributed by atoms with van der Waals surface area (Å²) < 4.78 is 28.3. The summed E-state index contributed by atoms with van der Waals surface area (Å²) in [5.74, 6) is 0.411. The summed E-state index contributed by atoms with van der Waals surface area (Å²) in [5.41, 5.74) is 0.641. The van der Waals surface area contributed by atoms with Crippen molar-refractivity contribution in [3.8, 4) is 0 Å². The Kier molecular flexibility index (Phi) is 4.39. The smallest absolute Gasteiger partial charge is 0.285 e. The molecule has 0 radical (unpaired) electrons. The second-order valence-electron chi connectivity index (χ2n) is 5.96. The van der Waals surface area contributed by atoms with Crippen LogP contribution in [0.5, 0.6) is 0 Å². The van der Waals surface area contributed by atoms with Gasteiger partial charge in [0.05, 0.1) is 5.92 Å². The van der Waals surface area contributed by atoms with Crippen molar-refractivity contribution in [2.24, 2.45) is 10.3 Å². The third-order valence-electron chi connectivity index (χ3n) is 4.25. The molecule has 0 unspecified atom stereocenters. The number of benzene rings is 1. The quantitative estimate of drug-likeness (QED) is 0.905. The van der Waals surface area contributed by atoms with E-state index < -0.39 is 10.0 Å². The van der Waals surface area contributed by atoms with Gasteiger partial charge < -0.3 is 10.2 Å². The van der Waals surface area contributed by atoms with Gasteiger partial charge in [-0.1, -0.05) is 19.1 Å². The molecule has 1 aromatic rings. The van der Waals surface area contributed by atoms with Crippen LogP contribution in [0, 0.1) is 5.92 Å². The summed E-state index contributed by atoms with van der Waals surface area (Å²) in [6, 6.07) is 6.87. The van der Waals surface area contributed by atoms with Crippen molar-refractivity contribution in [3.63, 3.8) is 0 Å². The van der Waals surface area contributed by atoms with Crippen LogP contribution in [0.15, 0.2) is 33.6 Å². The maximum absolute atomic E-state index is 12.2. The van der Waals surface area contributed by atoms with Gasteiger partial charge in [0.2, 0.25) is 5.91 Å². The first-order chi connectivity index (χ1) is 11.0. The first-order valence-corrected chi connectivity index (χ1v) is 9.44. The number of nitrogens with one attached hydrogen (secondary N) is 1. The summed E-state index contributed by atoms with van der Waals surface area (Å²) >= 11 is 0. The number of nitrogens with zero attached hydrogens (tertiary/aromatic N) is 2. The number of hydrogen-bond donors (Lipinski definition) is 1. The van der Waals surface area contributed by atoms with Gasteiger partial charge in [0.25, 0.3) is 10.0 Å². The van der Waals surface area contributed by atoms with Gasteiger partial charge >= 0.3 is 0 Å². The molecule has 124 valence electrons. The average Bonchev–Trinajstić information content (AvgIpc) is 2.85. The van der Waals surface area contributed by atoms with E-state index in [-0.39, 0.29) is 16.7 Å². The fourth-order valence-electron chi connectivity index (χ4n) is 3.09. The highest BCUT2D eigenvalue weighted by Crippen LogP contribution is 2.29. The Bertz CT molecular complexity index is 743. The third kappa shape index (κ3) is 3.10. The Hall–Kier alpha value is -1.89. The number of rotatable bonds is 3. The molecule has 1 N–H and O–H groups in total. The topological polar surface area (TPSA) is 78.8 Å². The molecule has 1 aromatic carbocycles. The van der Waals surface area contributed by atoms with Crippen LogP contribution in [0.4, 0.5) is 0 Å². The molecule has 2 heterocycles. The Morgan fingerprint density at radius 2 is 2.17 bits per heavy atom. The lowest BCUT2D eigenvalue weighted by Crippen LogP contribution is -2.45. The van der Waals surface area contributed by atoms with Crippen molar-refractivity contribution in [2.45, 2.75) is 31.1 Å². The lowest BCUT2D eigenvalue weighted by Gasteiger charge is -2.33. The maximum Gasteiger partial charge on any atom is 0.285 e. The molecule has 3 rings (SSSR count). The number of piperidine rings is 1. The minimum absolute atomic E-state index is 0.0475. The second kappa shape index (κ2) is 6.31. The van der Waals surface area contributed by atoms with E-state index in [1.807, 2.05) is 17.9 Å². The predicted octanol–water partition coefficient (Wildman–Crippen LogP) is 1.37. The molecule has 0 saturated carbocycles. The fraction of sp³-hybridized carbons (Fsp3) is 0.500. The van der Waals surface area contributed by atoms with E-state index in [0.717, 1.165) is 25.8 Å². The monoisotopic (exact) mass is 335 g/mol. The van der Waals surface area contributed by atoms with Crippen molar-refractivity contribution in [1.29, 1.82) is 0 Å². The van der Waals surface area contributed by atoms with E-state index in [1.54, 1.807) is 18.2 Å².